The quantitative estimate of drug-likeness (QED) is 0.751. The van der Waals surface area contributed by atoms with Crippen LogP contribution >= 0.6 is 15.9 Å². The van der Waals surface area contributed by atoms with Crippen LogP contribution in [0.1, 0.15) is 16.9 Å². The first-order valence-corrected chi connectivity index (χ1v) is 6.97. The van der Waals surface area contributed by atoms with Crippen LogP contribution in [0, 0.1) is 0 Å². The summed E-state index contributed by atoms with van der Waals surface area (Å²) in [6, 6.07) is 3.46. The normalized spacial score (nSPS) is 10.2. The summed E-state index contributed by atoms with van der Waals surface area (Å²) < 4.78 is 5.49. The molecule has 0 aliphatic rings. The highest BCUT2D eigenvalue weighted by atomic mass is 79.9. The average molecular weight is 344 g/mol. The molecule has 0 radical (unpaired) electrons. The summed E-state index contributed by atoms with van der Waals surface area (Å²) in [5.74, 6) is -0.506. The van der Waals surface area contributed by atoms with Crippen molar-refractivity contribution in [1.29, 1.82) is 0 Å². The minimum atomic E-state index is -0.301. The summed E-state index contributed by atoms with van der Waals surface area (Å²) in [6.07, 6.45) is 2.28. The zero-order chi connectivity index (χ0) is 15.0. The number of nitrogens with zero attached hydrogens (tertiary/aromatic N) is 2. The van der Waals surface area contributed by atoms with Gasteiger partial charge in [-0.1, -0.05) is 0 Å². The van der Waals surface area contributed by atoms with E-state index in [4.69, 9.17) is 4.74 Å². The molecule has 0 aromatic carbocycles. The van der Waals surface area contributed by atoms with Gasteiger partial charge in [-0.25, -0.2) is 4.98 Å². The van der Waals surface area contributed by atoms with Gasteiger partial charge in [0, 0.05) is 38.0 Å². The number of hydrogen-bond acceptors (Lipinski definition) is 4. The summed E-state index contributed by atoms with van der Waals surface area (Å²) in [5.41, 5.74) is 0.294. The maximum Gasteiger partial charge on any atom is 0.273 e. The number of carbonyl (C=O) groups is 2. The van der Waals surface area contributed by atoms with E-state index in [0.29, 0.717) is 23.3 Å². The molecule has 1 rings (SSSR count). The van der Waals surface area contributed by atoms with Crippen molar-refractivity contribution in [1.82, 2.24) is 15.2 Å². The second kappa shape index (κ2) is 8.65. The molecule has 0 unspecified atom stereocenters. The fraction of sp³-hybridized carbons (Fsp3) is 0.462. The number of halogens is 1. The van der Waals surface area contributed by atoms with Crippen molar-refractivity contribution in [3.63, 3.8) is 0 Å². The predicted octanol–water partition coefficient (Wildman–Crippen LogP) is 1.07. The van der Waals surface area contributed by atoms with Crippen molar-refractivity contribution in [2.75, 3.05) is 33.9 Å². The third-order valence-electron chi connectivity index (χ3n) is 2.54. The molecule has 2 amide bonds. The number of hydrogen-bond donors (Lipinski definition) is 1. The average Bonchev–Trinajstić information content (AvgIpc) is 2.43. The van der Waals surface area contributed by atoms with Crippen LogP contribution in [0.4, 0.5) is 0 Å². The van der Waals surface area contributed by atoms with Gasteiger partial charge in [-0.2, -0.15) is 0 Å². The van der Waals surface area contributed by atoms with Crippen molar-refractivity contribution >= 4 is 27.7 Å². The monoisotopic (exact) mass is 343 g/mol. The molecule has 0 bridgehead atoms. The summed E-state index contributed by atoms with van der Waals surface area (Å²) in [4.78, 5) is 29.1. The number of nitrogens with one attached hydrogen (secondary N) is 1. The van der Waals surface area contributed by atoms with Gasteiger partial charge in [0.05, 0.1) is 6.54 Å². The predicted molar refractivity (Wildman–Crippen MR) is 78.4 cm³/mol. The summed E-state index contributed by atoms with van der Waals surface area (Å²) in [5, 5.41) is 2.72. The summed E-state index contributed by atoms with van der Waals surface area (Å²) in [7, 11) is 3.18. The van der Waals surface area contributed by atoms with E-state index >= 15 is 0 Å². The number of amides is 2. The first kappa shape index (κ1) is 16.6. The van der Waals surface area contributed by atoms with Crippen LogP contribution in [0.2, 0.25) is 0 Å². The third kappa shape index (κ3) is 5.26. The first-order chi connectivity index (χ1) is 9.56. The number of rotatable bonds is 7. The number of aromatic nitrogens is 1. The SMILES string of the molecule is COCCCNC(=O)CN(C)C(=O)c1ncccc1Br. The van der Waals surface area contributed by atoms with Gasteiger partial charge in [-0.05, 0) is 34.5 Å². The van der Waals surface area contributed by atoms with Gasteiger partial charge in [-0.3, -0.25) is 9.59 Å². The van der Waals surface area contributed by atoms with E-state index in [-0.39, 0.29) is 18.4 Å². The number of ether oxygens (including phenoxy) is 1. The minimum absolute atomic E-state index is 0.00513. The molecule has 0 fully saturated rings. The maximum absolute atomic E-state index is 12.1. The molecule has 7 heteroatoms. The zero-order valence-electron chi connectivity index (χ0n) is 11.6. The van der Waals surface area contributed by atoms with Crippen molar-refractivity contribution in [2.24, 2.45) is 0 Å². The van der Waals surface area contributed by atoms with Crippen LogP contribution in [0.15, 0.2) is 22.8 Å². The molecule has 0 saturated heterocycles. The van der Waals surface area contributed by atoms with Crippen molar-refractivity contribution in [3.05, 3.63) is 28.5 Å². The van der Waals surface area contributed by atoms with Crippen molar-refractivity contribution in [2.45, 2.75) is 6.42 Å². The molecule has 110 valence electrons. The summed E-state index contributed by atoms with van der Waals surface area (Å²) >= 11 is 3.27. The Morgan fingerprint density at radius 2 is 2.25 bits per heavy atom. The van der Waals surface area contributed by atoms with Gasteiger partial charge in [0.25, 0.3) is 5.91 Å². The molecule has 20 heavy (non-hydrogen) atoms. The molecule has 1 aromatic heterocycles. The van der Waals surface area contributed by atoms with Gasteiger partial charge >= 0.3 is 0 Å². The van der Waals surface area contributed by atoms with E-state index in [1.807, 2.05) is 0 Å². The molecular formula is C13H18BrN3O3. The molecule has 0 spiro atoms. The zero-order valence-corrected chi connectivity index (χ0v) is 13.1. The molecular weight excluding hydrogens is 326 g/mol. The molecule has 1 aromatic rings. The van der Waals surface area contributed by atoms with E-state index in [0.717, 1.165) is 6.42 Å². The minimum Gasteiger partial charge on any atom is -0.385 e. The van der Waals surface area contributed by atoms with E-state index in [1.165, 1.54) is 11.1 Å². The van der Waals surface area contributed by atoms with Crippen LogP contribution in [-0.4, -0.2) is 55.6 Å². The fourth-order valence-electron chi connectivity index (χ4n) is 1.51. The third-order valence-corrected chi connectivity index (χ3v) is 3.18. The highest BCUT2D eigenvalue weighted by molar-refractivity contribution is 9.10. The fourth-order valence-corrected chi connectivity index (χ4v) is 1.94. The Morgan fingerprint density at radius 1 is 1.50 bits per heavy atom. The molecule has 1 heterocycles. The van der Waals surface area contributed by atoms with E-state index in [2.05, 4.69) is 26.2 Å². The highest BCUT2D eigenvalue weighted by Gasteiger charge is 2.18. The van der Waals surface area contributed by atoms with Gasteiger partial charge in [0.15, 0.2) is 0 Å². The molecule has 0 aliphatic carbocycles. The van der Waals surface area contributed by atoms with Gasteiger partial charge in [-0.15, -0.1) is 0 Å². The molecule has 0 aliphatic heterocycles. The Hall–Kier alpha value is -1.47. The number of carbonyl (C=O) groups excluding carboxylic acids is 2. The molecule has 0 atom stereocenters. The number of pyridine rings is 1. The lowest BCUT2D eigenvalue weighted by molar-refractivity contribution is -0.121. The molecule has 1 N–H and O–H groups in total. The van der Waals surface area contributed by atoms with E-state index in [1.54, 1.807) is 26.3 Å². The van der Waals surface area contributed by atoms with Crippen LogP contribution in [0.25, 0.3) is 0 Å². The number of methoxy groups -OCH3 is 1. The van der Waals surface area contributed by atoms with Crippen LogP contribution < -0.4 is 5.32 Å². The van der Waals surface area contributed by atoms with Crippen LogP contribution in [0.3, 0.4) is 0 Å². The second-order valence-electron chi connectivity index (χ2n) is 4.19. The molecule has 0 saturated carbocycles. The number of likely N-dealkylation sites (N-methyl/N-ethyl adjacent to an activating group) is 1. The largest absolute Gasteiger partial charge is 0.385 e. The Bertz CT molecular complexity index is 468. The maximum atomic E-state index is 12.1. The smallest absolute Gasteiger partial charge is 0.273 e. The lowest BCUT2D eigenvalue weighted by Gasteiger charge is -2.16. The van der Waals surface area contributed by atoms with Gasteiger partial charge < -0.3 is 15.0 Å². The summed E-state index contributed by atoms with van der Waals surface area (Å²) in [6.45, 7) is 1.12. The lowest BCUT2D eigenvalue weighted by atomic mass is 10.3. The Balaban J connectivity index is 2.46. The Morgan fingerprint density at radius 3 is 2.90 bits per heavy atom. The highest BCUT2D eigenvalue weighted by Crippen LogP contribution is 2.14. The van der Waals surface area contributed by atoms with E-state index in [9.17, 15) is 9.59 Å². The second-order valence-corrected chi connectivity index (χ2v) is 5.05. The van der Waals surface area contributed by atoms with Crippen molar-refractivity contribution < 1.29 is 14.3 Å². The van der Waals surface area contributed by atoms with Gasteiger partial charge in [0.2, 0.25) is 5.91 Å². The molecule has 6 nitrogen and oxygen atoms in total. The Labute approximate surface area is 126 Å². The van der Waals surface area contributed by atoms with Crippen LogP contribution in [0.5, 0.6) is 0 Å². The van der Waals surface area contributed by atoms with E-state index < -0.39 is 0 Å². The lowest BCUT2D eigenvalue weighted by Crippen LogP contribution is -2.39. The van der Waals surface area contributed by atoms with Gasteiger partial charge in [0.1, 0.15) is 5.69 Å². The topological polar surface area (TPSA) is 71.5 Å². The Kier molecular flexibility index (Phi) is 7.17. The first-order valence-electron chi connectivity index (χ1n) is 6.18. The van der Waals surface area contributed by atoms with Crippen LogP contribution in [-0.2, 0) is 9.53 Å². The van der Waals surface area contributed by atoms with Crippen molar-refractivity contribution in [3.8, 4) is 0 Å². The standard InChI is InChI=1S/C13H18BrN3O3/c1-17(9-11(18)15-7-4-8-20-2)13(19)12-10(14)5-3-6-16-12/h3,5-6H,4,7-9H2,1-2H3,(H,15,18).